The van der Waals surface area contributed by atoms with Gasteiger partial charge in [-0.2, -0.15) is 5.26 Å². The second-order valence-electron chi connectivity index (χ2n) is 3.72. The van der Waals surface area contributed by atoms with Gasteiger partial charge in [0.1, 0.15) is 11.8 Å². The molecule has 0 bridgehead atoms. The molecule has 0 saturated carbocycles. The van der Waals surface area contributed by atoms with Crippen LogP contribution in [0.5, 0.6) is 0 Å². The van der Waals surface area contributed by atoms with Crippen LogP contribution in [-0.2, 0) is 17.8 Å². The van der Waals surface area contributed by atoms with Crippen LogP contribution in [0.4, 0.5) is 0 Å². The Morgan fingerprint density at radius 3 is 3.20 bits per heavy atom. The molecule has 0 fully saturated rings. The molecule has 0 radical (unpaired) electrons. The van der Waals surface area contributed by atoms with Gasteiger partial charge in [0, 0.05) is 11.8 Å². The van der Waals surface area contributed by atoms with Crippen molar-refractivity contribution in [2.45, 2.75) is 13.0 Å². The fourth-order valence-corrected chi connectivity index (χ4v) is 2.18. The first-order valence-corrected chi connectivity index (χ1v) is 5.00. The lowest BCUT2D eigenvalue weighted by Gasteiger charge is -2.02. The topological polar surface area (TPSA) is 37.4 Å². The molecule has 0 amide bonds. The van der Waals surface area contributed by atoms with Gasteiger partial charge in [0.25, 0.3) is 0 Å². The fraction of sp³-hybridized carbons (Fsp3) is 0.250. The van der Waals surface area contributed by atoms with Gasteiger partial charge in [-0.3, -0.25) is 0 Å². The summed E-state index contributed by atoms with van der Waals surface area (Å²) >= 11 is 0. The standard InChI is InChI=1S/C12H10N2O/c13-7-11-6-10-8-15-5-3-9-2-1-4-14(11)12(9)10/h1-2,4,6H,3,5,8H2. The third-order valence-corrected chi connectivity index (χ3v) is 2.84. The van der Waals surface area contributed by atoms with Crippen LogP contribution in [0.1, 0.15) is 16.8 Å². The summed E-state index contributed by atoms with van der Waals surface area (Å²) in [7, 11) is 0. The van der Waals surface area contributed by atoms with Crippen molar-refractivity contribution in [1.29, 1.82) is 5.26 Å². The molecule has 0 aromatic carbocycles. The van der Waals surface area contributed by atoms with Crippen molar-refractivity contribution in [2.24, 2.45) is 0 Å². The molecular weight excluding hydrogens is 188 g/mol. The number of nitrogens with zero attached hydrogens (tertiary/aromatic N) is 2. The Morgan fingerprint density at radius 1 is 1.40 bits per heavy atom. The van der Waals surface area contributed by atoms with E-state index >= 15 is 0 Å². The monoisotopic (exact) mass is 198 g/mol. The van der Waals surface area contributed by atoms with Gasteiger partial charge in [0.15, 0.2) is 0 Å². The summed E-state index contributed by atoms with van der Waals surface area (Å²) in [6.45, 7) is 1.37. The second kappa shape index (κ2) is 3.11. The van der Waals surface area contributed by atoms with Crippen LogP contribution in [0.3, 0.4) is 0 Å². The number of ether oxygens (including phenoxy) is 1. The predicted octanol–water partition coefficient (Wildman–Crippen LogP) is 1.88. The molecule has 15 heavy (non-hydrogen) atoms. The summed E-state index contributed by atoms with van der Waals surface area (Å²) in [5.74, 6) is 0. The van der Waals surface area contributed by atoms with Crippen molar-refractivity contribution in [3.63, 3.8) is 0 Å². The van der Waals surface area contributed by atoms with E-state index in [4.69, 9.17) is 10.00 Å². The average Bonchev–Trinajstić information content (AvgIpc) is 2.50. The van der Waals surface area contributed by atoms with Gasteiger partial charge in [-0.25, -0.2) is 0 Å². The molecule has 0 aliphatic carbocycles. The summed E-state index contributed by atoms with van der Waals surface area (Å²) in [5.41, 5.74) is 4.24. The van der Waals surface area contributed by atoms with E-state index in [-0.39, 0.29) is 0 Å². The van der Waals surface area contributed by atoms with E-state index in [1.54, 1.807) is 0 Å². The third-order valence-electron chi connectivity index (χ3n) is 2.84. The number of nitriles is 1. The molecule has 0 N–H and O–H groups in total. The van der Waals surface area contributed by atoms with Crippen LogP contribution >= 0.6 is 0 Å². The Morgan fingerprint density at radius 2 is 2.33 bits per heavy atom. The lowest BCUT2D eigenvalue weighted by molar-refractivity contribution is 0.127. The van der Waals surface area contributed by atoms with Gasteiger partial charge in [0.2, 0.25) is 0 Å². The van der Waals surface area contributed by atoms with Gasteiger partial charge in [-0.1, -0.05) is 6.07 Å². The molecule has 0 saturated heterocycles. The Bertz CT molecular complexity index is 563. The van der Waals surface area contributed by atoms with Gasteiger partial charge in [-0.05, 0) is 24.1 Å². The van der Waals surface area contributed by atoms with Crippen LogP contribution in [0, 0.1) is 11.3 Å². The zero-order valence-corrected chi connectivity index (χ0v) is 8.23. The maximum atomic E-state index is 9.01. The molecule has 74 valence electrons. The summed E-state index contributed by atoms with van der Waals surface area (Å²) in [6, 6.07) is 8.22. The van der Waals surface area contributed by atoms with E-state index in [0.717, 1.165) is 24.1 Å². The number of hydrogen-bond donors (Lipinski definition) is 0. The van der Waals surface area contributed by atoms with Crippen LogP contribution in [0.15, 0.2) is 24.4 Å². The highest BCUT2D eigenvalue weighted by atomic mass is 16.5. The summed E-state index contributed by atoms with van der Waals surface area (Å²) in [5, 5.41) is 9.01. The highest BCUT2D eigenvalue weighted by Gasteiger charge is 2.14. The third kappa shape index (κ3) is 1.15. The molecular formula is C12H10N2O. The Kier molecular flexibility index (Phi) is 1.77. The molecule has 1 aliphatic rings. The van der Waals surface area contributed by atoms with Crippen LogP contribution in [-0.4, -0.2) is 11.0 Å². The first kappa shape index (κ1) is 8.51. The largest absolute Gasteiger partial charge is 0.376 e. The number of rotatable bonds is 0. The Balaban J connectivity index is 2.42. The van der Waals surface area contributed by atoms with Gasteiger partial charge < -0.3 is 9.14 Å². The van der Waals surface area contributed by atoms with Crippen molar-refractivity contribution in [3.8, 4) is 6.07 Å². The Labute approximate surface area is 87.5 Å². The van der Waals surface area contributed by atoms with Gasteiger partial charge >= 0.3 is 0 Å². The molecule has 0 atom stereocenters. The van der Waals surface area contributed by atoms with Crippen molar-refractivity contribution >= 4 is 5.52 Å². The Hall–Kier alpha value is -1.79. The van der Waals surface area contributed by atoms with Crippen molar-refractivity contribution in [2.75, 3.05) is 6.61 Å². The van der Waals surface area contributed by atoms with E-state index in [0.29, 0.717) is 12.3 Å². The van der Waals surface area contributed by atoms with Gasteiger partial charge in [0.05, 0.1) is 18.7 Å². The first-order chi connectivity index (χ1) is 7.40. The number of hydrogen-bond acceptors (Lipinski definition) is 2. The normalized spacial score (nSPS) is 14.9. The highest BCUT2D eigenvalue weighted by molar-refractivity contribution is 5.65. The molecule has 1 aliphatic heterocycles. The molecule has 2 aromatic heterocycles. The van der Waals surface area contributed by atoms with Crippen molar-refractivity contribution in [3.05, 3.63) is 41.2 Å². The number of aromatic nitrogens is 1. The fourth-order valence-electron chi connectivity index (χ4n) is 2.18. The lowest BCUT2D eigenvalue weighted by atomic mass is 10.1. The molecule has 0 unspecified atom stereocenters. The summed E-state index contributed by atoms with van der Waals surface area (Å²) < 4.78 is 7.46. The van der Waals surface area contributed by atoms with E-state index in [1.165, 1.54) is 5.56 Å². The average molecular weight is 198 g/mol. The van der Waals surface area contributed by atoms with Crippen LogP contribution in [0.25, 0.3) is 5.52 Å². The maximum absolute atomic E-state index is 9.01. The second-order valence-corrected chi connectivity index (χ2v) is 3.72. The minimum absolute atomic E-state index is 0.613. The maximum Gasteiger partial charge on any atom is 0.125 e. The molecule has 2 aromatic rings. The molecule has 3 heterocycles. The minimum atomic E-state index is 0.613. The van der Waals surface area contributed by atoms with Crippen molar-refractivity contribution in [1.82, 2.24) is 4.40 Å². The molecule has 3 rings (SSSR count). The van der Waals surface area contributed by atoms with E-state index in [9.17, 15) is 0 Å². The summed E-state index contributed by atoms with van der Waals surface area (Å²) in [6.07, 6.45) is 2.86. The minimum Gasteiger partial charge on any atom is -0.376 e. The quantitative estimate of drug-likeness (QED) is 0.648. The highest BCUT2D eigenvalue weighted by Crippen LogP contribution is 2.24. The lowest BCUT2D eigenvalue weighted by Crippen LogP contribution is -1.95. The van der Waals surface area contributed by atoms with E-state index in [2.05, 4.69) is 12.1 Å². The molecule has 0 spiro atoms. The van der Waals surface area contributed by atoms with Gasteiger partial charge in [-0.15, -0.1) is 0 Å². The van der Waals surface area contributed by atoms with E-state index < -0.39 is 0 Å². The predicted molar refractivity (Wildman–Crippen MR) is 55.5 cm³/mol. The van der Waals surface area contributed by atoms with Crippen LogP contribution < -0.4 is 0 Å². The zero-order chi connectivity index (χ0) is 10.3. The SMILES string of the molecule is N#Cc1cc2c3c(cccn13)CCOC2. The van der Waals surface area contributed by atoms with Crippen LogP contribution in [0.2, 0.25) is 0 Å². The van der Waals surface area contributed by atoms with Crippen molar-refractivity contribution < 1.29 is 4.74 Å². The smallest absolute Gasteiger partial charge is 0.125 e. The first-order valence-electron chi connectivity index (χ1n) is 5.00. The number of pyridine rings is 1. The zero-order valence-electron chi connectivity index (χ0n) is 8.23. The summed E-state index contributed by atoms with van der Waals surface area (Å²) in [4.78, 5) is 0. The molecule has 3 nitrogen and oxygen atoms in total. The molecule has 3 heteroatoms. The van der Waals surface area contributed by atoms with E-state index in [1.807, 2.05) is 22.7 Å².